The average molecular weight is 347 g/mol. The number of hydrogen-bond donors (Lipinski definition) is 2. The second-order valence-corrected chi connectivity index (χ2v) is 6.76. The molecule has 3 rings (SSSR count). The van der Waals surface area contributed by atoms with E-state index in [1.54, 1.807) is 12.1 Å². The van der Waals surface area contributed by atoms with Crippen molar-refractivity contribution < 1.29 is 9.72 Å². The lowest BCUT2D eigenvalue weighted by Gasteiger charge is -2.15. The summed E-state index contributed by atoms with van der Waals surface area (Å²) < 4.78 is 0. The van der Waals surface area contributed by atoms with Gasteiger partial charge >= 0.3 is 0 Å². The molecule has 1 aliphatic carbocycles. The molecular weight excluding hydrogens is 330 g/mol. The number of benzene rings is 1. The van der Waals surface area contributed by atoms with E-state index in [4.69, 9.17) is 0 Å². The zero-order valence-corrected chi connectivity index (χ0v) is 13.9. The smallest absolute Gasteiger partial charge is 0.269 e. The van der Waals surface area contributed by atoms with Gasteiger partial charge in [-0.3, -0.25) is 20.0 Å². The molecule has 0 spiro atoms. The second-order valence-electron chi connectivity index (χ2n) is 5.69. The normalized spacial score (nSPS) is 15.0. The fourth-order valence-electron chi connectivity index (χ4n) is 2.54. The highest BCUT2D eigenvalue weighted by molar-refractivity contribution is 7.99. The van der Waals surface area contributed by atoms with Crippen LogP contribution >= 0.6 is 11.8 Å². The third kappa shape index (κ3) is 3.40. The van der Waals surface area contributed by atoms with Gasteiger partial charge in [-0.15, -0.1) is 5.10 Å². The van der Waals surface area contributed by atoms with Crippen molar-refractivity contribution >= 4 is 23.4 Å². The molecule has 0 atom stereocenters. The lowest BCUT2D eigenvalue weighted by molar-refractivity contribution is -0.384. The molecule has 2 aromatic rings. The number of aryl methyl sites for hydroxylation is 1. The maximum atomic E-state index is 12.5. The van der Waals surface area contributed by atoms with Gasteiger partial charge in [-0.1, -0.05) is 23.9 Å². The number of hydrogen-bond acceptors (Lipinski definition) is 6. The van der Waals surface area contributed by atoms with Crippen LogP contribution in [-0.2, 0) is 10.2 Å². The van der Waals surface area contributed by atoms with Gasteiger partial charge < -0.3 is 5.32 Å². The van der Waals surface area contributed by atoms with Gasteiger partial charge in [-0.2, -0.15) is 0 Å². The molecule has 1 aliphatic rings. The van der Waals surface area contributed by atoms with E-state index in [1.807, 2.05) is 6.92 Å². The number of nitrogens with one attached hydrogen (secondary N) is 2. The van der Waals surface area contributed by atoms with Crippen LogP contribution in [0.2, 0.25) is 0 Å². The van der Waals surface area contributed by atoms with Crippen molar-refractivity contribution in [1.29, 1.82) is 0 Å². The van der Waals surface area contributed by atoms with Crippen molar-refractivity contribution in [2.24, 2.45) is 0 Å². The first kappa shape index (κ1) is 16.4. The van der Waals surface area contributed by atoms with Gasteiger partial charge in [0.1, 0.15) is 5.82 Å². The molecule has 1 fully saturated rings. The first-order chi connectivity index (χ1) is 11.5. The molecule has 8 nitrogen and oxygen atoms in total. The molecule has 24 heavy (non-hydrogen) atoms. The number of non-ortho nitro benzene ring substituents is 1. The number of thioether (sulfide) groups is 1. The summed E-state index contributed by atoms with van der Waals surface area (Å²) in [6.45, 7) is 2.35. The van der Waals surface area contributed by atoms with Crippen LogP contribution in [0, 0.1) is 17.0 Å². The minimum absolute atomic E-state index is 0.0249. The maximum Gasteiger partial charge on any atom is 0.269 e. The van der Waals surface area contributed by atoms with Crippen LogP contribution in [-0.4, -0.2) is 38.3 Å². The predicted molar refractivity (Wildman–Crippen MR) is 88.9 cm³/mol. The Morgan fingerprint density at radius 1 is 1.42 bits per heavy atom. The first-order valence-corrected chi connectivity index (χ1v) is 8.55. The fourth-order valence-corrected chi connectivity index (χ4v) is 3.24. The van der Waals surface area contributed by atoms with Crippen LogP contribution in [0.3, 0.4) is 0 Å². The van der Waals surface area contributed by atoms with Gasteiger partial charge in [0.05, 0.1) is 10.3 Å². The van der Waals surface area contributed by atoms with E-state index in [0.29, 0.717) is 17.5 Å². The van der Waals surface area contributed by atoms with Crippen LogP contribution in [0.25, 0.3) is 0 Å². The topological polar surface area (TPSA) is 114 Å². The third-order valence-electron chi connectivity index (χ3n) is 4.01. The zero-order chi connectivity index (χ0) is 17.2. The summed E-state index contributed by atoms with van der Waals surface area (Å²) in [4.78, 5) is 26.9. The maximum absolute atomic E-state index is 12.5. The van der Waals surface area contributed by atoms with Crippen molar-refractivity contribution in [3.05, 3.63) is 45.8 Å². The Hall–Kier alpha value is -2.42. The summed E-state index contributed by atoms with van der Waals surface area (Å²) in [5.41, 5.74) is 0.344. The van der Waals surface area contributed by atoms with Crippen LogP contribution in [0.15, 0.2) is 29.4 Å². The Bertz CT molecular complexity index is 755. The van der Waals surface area contributed by atoms with Gasteiger partial charge in [0.15, 0.2) is 0 Å². The van der Waals surface area contributed by atoms with E-state index in [0.717, 1.165) is 24.2 Å². The molecule has 0 unspecified atom stereocenters. The number of amides is 1. The number of aromatic nitrogens is 3. The number of nitro groups is 1. The van der Waals surface area contributed by atoms with E-state index < -0.39 is 10.3 Å². The molecule has 0 aliphatic heterocycles. The molecular formula is C15H17N5O3S. The SMILES string of the molecule is Cc1nc(SCCNC(=O)C2(c3ccc([N+](=O)[O-])cc3)CC2)n[nH]1. The first-order valence-electron chi connectivity index (χ1n) is 7.56. The highest BCUT2D eigenvalue weighted by atomic mass is 32.2. The van der Waals surface area contributed by atoms with Gasteiger partial charge in [-0.25, -0.2) is 4.98 Å². The number of H-pyrrole nitrogens is 1. The number of nitro benzene ring substituents is 1. The monoisotopic (exact) mass is 347 g/mol. The standard InChI is InChI=1S/C15H17N5O3S/c1-10-17-14(19-18-10)24-9-8-16-13(21)15(6-7-15)11-2-4-12(5-3-11)20(22)23/h2-5H,6-9H2,1H3,(H,16,21)(H,17,18,19). The Balaban J connectivity index is 1.53. The van der Waals surface area contributed by atoms with Crippen molar-refractivity contribution in [2.45, 2.75) is 30.3 Å². The number of carbonyl (C=O) groups excluding carboxylic acids is 1. The molecule has 2 N–H and O–H groups in total. The quantitative estimate of drug-likeness (QED) is 0.342. The van der Waals surface area contributed by atoms with Crippen molar-refractivity contribution in [3.63, 3.8) is 0 Å². The Kier molecular flexibility index (Phi) is 4.52. The van der Waals surface area contributed by atoms with Gasteiger partial charge in [-0.05, 0) is 25.3 Å². The van der Waals surface area contributed by atoms with Crippen molar-refractivity contribution in [2.75, 3.05) is 12.3 Å². The number of rotatable bonds is 7. The fraction of sp³-hybridized carbons (Fsp3) is 0.400. The summed E-state index contributed by atoms with van der Waals surface area (Å²) >= 11 is 1.47. The highest BCUT2D eigenvalue weighted by Gasteiger charge is 2.51. The molecule has 9 heteroatoms. The number of carbonyl (C=O) groups is 1. The molecule has 1 aromatic heterocycles. The molecule has 1 heterocycles. The molecule has 0 bridgehead atoms. The van der Waals surface area contributed by atoms with Crippen LogP contribution in [0.4, 0.5) is 5.69 Å². The van der Waals surface area contributed by atoms with E-state index in [-0.39, 0.29) is 11.6 Å². The molecule has 0 saturated heterocycles. The van der Waals surface area contributed by atoms with Crippen molar-refractivity contribution in [1.82, 2.24) is 20.5 Å². The van der Waals surface area contributed by atoms with E-state index in [2.05, 4.69) is 20.5 Å². The highest BCUT2D eigenvalue weighted by Crippen LogP contribution is 2.48. The van der Waals surface area contributed by atoms with E-state index >= 15 is 0 Å². The van der Waals surface area contributed by atoms with E-state index in [1.165, 1.54) is 23.9 Å². The second kappa shape index (κ2) is 6.60. The minimum atomic E-state index is -0.527. The van der Waals surface area contributed by atoms with Crippen LogP contribution < -0.4 is 5.32 Å². The summed E-state index contributed by atoms with van der Waals surface area (Å²) in [6, 6.07) is 6.25. The predicted octanol–water partition coefficient (Wildman–Crippen LogP) is 1.96. The Labute approximate surface area is 142 Å². The zero-order valence-electron chi connectivity index (χ0n) is 13.1. The molecule has 1 amide bonds. The van der Waals surface area contributed by atoms with Gasteiger partial charge in [0.2, 0.25) is 11.1 Å². The number of nitrogens with zero attached hydrogens (tertiary/aromatic N) is 3. The summed E-state index contributed by atoms with van der Waals surface area (Å²) in [5, 5.41) is 21.1. The van der Waals surface area contributed by atoms with Crippen LogP contribution in [0.5, 0.6) is 0 Å². The molecule has 126 valence electrons. The summed E-state index contributed by atoms with van der Waals surface area (Å²) in [7, 11) is 0. The number of aromatic amines is 1. The Morgan fingerprint density at radius 2 is 2.12 bits per heavy atom. The third-order valence-corrected chi connectivity index (χ3v) is 4.86. The largest absolute Gasteiger partial charge is 0.354 e. The molecule has 0 radical (unpaired) electrons. The van der Waals surface area contributed by atoms with Gasteiger partial charge in [0, 0.05) is 24.4 Å². The lowest BCUT2D eigenvalue weighted by Crippen LogP contribution is -2.36. The van der Waals surface area contributed by atoms with E-state index in [9.17, 15) is 14.9 Å². The van der Waals surface area contributed by atoms with Crippen LogP contribution in [0.1, 0.15) is 24.2 Å². The molecule has 1 saturated carbocycles. The Morgan fingerprint density at radius 3 is 2.67 bits per heavy atom. The lowest BCUT2D eigenvalue weighted by atomic mass is 9.95. The minimum Gasteiger partial charge on any atom is -0.354 e. The van der Waals surface area contributed by atoms with Crippen molar-refractivity contribution in [3.8, 4) is 0 Å². The summed E-state index contributed by atoms with van der Waals surface area (Å²) in [6.07, 6.45) is 1.54. The molecule has 1 aromatic carbocycles. The van der Waals surface area contributed by atoms with Gasteiger partial charge in [0.25, 0.3) is 5.69 Å². The average Bonchev–Trinajstić information content (AvgIpc) is 3.29. The summed E-state index contributed by atoms with van der Waals surface area (Å²) in [5.74, 6) is 1.42.